The van der Waals surface area contributed by atoms with E-state index in [1.54, 1.807) is 0 Å². The lowest BCUT2D eigenvalue weighted by molar-refractivity contribution is -0.151. The van der Waals surface area contributed by atoms with Crippen LogP contribution in [0.25, 0.3) is 0 Å². The van der Waals surface area contributed by atoms with Gasteiger partial charge in [0.2, 0.25) is 5.91 Å². The molecule has 1 aromatic carbocycles. The minimum atomic E-state index is -4.23. The number of amides is 1. The maximum absolute atomic E-state index is 15.3. The third kappa shape index (κ3) is 4.90. The van der Waals surface area contributed by atoms with Crippen LogP contribution in [0.4, 0.5) is 8.78 Å². The molecule has 180 valence electrons. The lowest BCUT2D eigenvalue weighted by atomic mass is 9.97. The van der Waals surface area contributed by atoms with Crippen molar-refractivity contribution in [3.63, 3.8) is 0 Å². The Morgan fingerprint density at radius 2 is 2.15 bits per heavy atom. The summed E-state index contributed by atoms with van der Waals surface area (Å²) in [4.78, 5) is 24.4. The molecule has 4 rings (SSSR count). The summed E-state index contributed by atoms with van der Waals surface area (Å²) in [5.41, 5.74) is -2.35. The molecule has 33 heavy (non-hydrogen) atoms. The van der Waals surface area contributed by atoms with E-state index >= 15 is 4.39 Å². The Balaban J connectivity index is 1.44. The van der Waals surface area contributed by atoms with Crippen LogP contribution in [0.5, 0.6) is 0 Å². The predicted molar refractivity (Wildman–Crippen MR) is 109 cm³/mol. The number of hydrogen-bond acceptors (Lipinski definition) is 8. The molecule has 3 heterocycles. The first-order chi connectivity index (χ1) is 15.5. The lowest BCUT2D eigenvalue weighted by Gasteiger charge is -2.32. The molecule has 2 saturated heterocycles. The second-order valence-corrected chi connectivity index (χ2v) is 10.1. The molecule has 0 unspecified atom stereocenters. The first-order valence-electron chi connectivity index (χ1n) is 10.1. The summed E-state index contributed by atoms with van der Waals surface area (Å²) >= 11 is 5.91. The molecule has 13 heteroatoms. The van der Waals surface area contributed by atoms with Gasteiger partial charge in [-0.05, 0) is 31.2 Å². The third-order valence-electron chi connectivity index (χ3n) is 5.59. The summed E-state index contributed by atoms with van der Waals surface area (Å²) < 4.78 is 63.6. The third-order valence-corrected chi connectivity index (χ3v) is 7.30. The normalized spacial score (nSPS) is 37.1. The molecule has 6 atom stereocenters. The number of nitrogens with zero attached hydrogens (tertiary/aromatic N) is 1. The molecule has 0 saturated carbocycles. The molecule has 1 aromatic rings. The highest BCUT2D eigenvalue weighted by molar-refractivity contribution is 7.48. The quantitative estimate of drug-likeness (QED) is 0.478. The topological polar surface area (TPSA) is 112 Å². The van der Waals surface area contributed by atoms with Crippen LogP contribution in [0.2, 0.25) is 5.02 Å². The van der Waals surface area contributed by atoms with Crippen molar-refractivity contribution in [1.29, 1.82) is 0 Å². The minimum Gasteiger partial charge on any atom is -0.387 e. The van der Waals surface area contributed by atoms with Crippen molar-refractivity contribution in [2.45, 2.75) is 50.0 Å². The summed E-state index contributed by atoms with van der Waals surface area (Å²) in [5.74, 6) is -1.74. The van der Waals surface area contributed by atoms with E-state index in [-0.39, 0.29) is 23.6 Å². The molecule has 0 aliphatic carbocycles. The minimum absolute atomic E-state index is 0.0769. The fourth-order valence-electron chi connectivity index (χ4n) is 3.82. The van der Waals surface area contributed by atoms with Gasteiger partial charge in [-0.25, -0.2) is 13.3 Å². The van der Waals surface area contributed by atoms with E-state index in [1.165, 1.54) is 12.1 Å². The Morgan fingerprint density at radius 1 is 1.39 bits per heavy atom. The number of aliphatic hydroxyl groups excluding tert-OH is 1. The molecule has 3 aliphatic heterocycles. The van der Waals surface area contributed by atoms with Gasteiger partial charge in [0, 0.05) is 23.2 Å². The van der Waals surface area contributed by atoms with Gasteiger partial charge in [-0.1, -0.05) is 11.6 Å². The van der Waals surface area contributed by atoms with Crippen molar-refractivity contribution in [2.24, 2.45) is 0 Å². The Morgan fingerprint density at radius 3 is 2.88 bits per heavy atom. The lowest BCUT2D eigenvalue weighted by Crippen LogP contribution is -2.51. The van der Waals surface area contributed by atoms with Crippen molar-refractivity contribution in [1.82, 2.24) is 4.90 Å². The van der Waals surface area contributed by atoms with Crippen LogP contribution in [0, 0.1) is 5.82 Å². The summed E-state index contributed by atoms with van der Waals surface area (Å²) in [6.45, 7) is 0.351. The SMILES string of the molecule is C[C@@]1(F)[C@H](O)[C@@H](CO[P@@]2(=O)OCC[C@H](c3cc(Cl)ccc3F)O2)O[C@H]1N1C=CC(=O)CC1=O. The van der Waals surface area contributed by atoms with Gasteiger partial charge in [0.1, 0.15) is 18.0 Å². The van der Waals surface area contributed by atoms with Crippen molar-refractivity contribution in [3.8, 4) is 0 Å². The standard InChI is InChI=1S/C20H21ClF2NO8P/c1-20(23)18(27)16(31-19(20)24-6-4-12(25)9-17(24)26)10-30-33(28)29-7-5-15(32-33)13-8-11(21)2-3-14(13)22/h2-4,6,8,15-16,18-19,27H,5,7,9-10H2,1H3/t15-,16-,18-,19-,20-,33-/m1/s1. The highest BCUT2D eigenvalue weighted by Crippen LogP contribution is 2.57. The second kappa shape index (κ2) is 9.14. The molecule has 1 amide bonds. The Labute approximate surface area is 192 Å². The van der Waals surface area contributed by atoms with Crippen LogP contribution in [-0.4, -0.2) is 59.0 Å². The van der Waals surface area contributed by atoms with Gasteiger partial charge in [0.05, 0.1) is 25.7 Å². The number of allylic oxidation sites excluding steroid dienone is 1. The van der Waals surface area contributed by atoms with Gasteiger partial charge >= 0.3 is 7.82 Å². The molecular formula is C20H21ClF2NO8P. The summed E-state index contributed by atoms with van der Waals surface area (Å²) in [5, 5.41) is 10.7. The molecule has 3 aliphatic rings. The van der Waals surface area contributed by atoms with E-state index in [2.05, 4.69) is 0 Å². The van der Waals surface area contributed by atoms with Gasteiger partial charge in [-0.15, -0.1) is 0 Å². The van der Waals surface area contributed by atoms with Crippen molar-refractivity contribution in [3.05, 3.63) is 46.9 Å². The number of alkyl halides is 1. The summed E-state index contributed by atoms with van der Waals surface area (Å²) in [6, 6.07) is 3.85. The number of aliphatic hydroxyl groups is 1. The fraction of sp³-hybridized carbons (Fsp3) is 0.500. The number of carbonyl (C=O) groups excluding carboxylic acids is 2. The van der Waals surface area contributed by atoms with Gasteiger partial charge in [0.15, 0.2) is 17.7 Å². The van der Waals surface area contributed by atoms with Crippen LogP contribution in [0.15, 0.2) is 30.5 Å². The zero-order valence-electron chi connectivity index (χ0n) is 17.4. The van der Waals surface area contributed by atoms with Crippen molar-refractivity contribution < 1.29 is 46.3 Å². The zero-order chi connectivity index (χ0) is 24.0. The number of benzene rings is 1. The molecule has 9 nitrogen and oxygen atoms in total. The number of hydrogen-bond donors (Lipinski definition) is 1. The van der Waals surface area contributed by atoms with Gasteiger partial charge in [0.25, 0.3) is 0 Å². The van der Waals surface area contributed by atoms with Gasteiger partial charge in [-0.3, -0.25) is 28.1 Å². The van der Waals surface area contributed by atoms with Crippen LogP contribution in [0.1, 0.15) is 31.4 Å². The van der Waals surface area contributed by atoms with E-state index in [1.807, 2.05) is 0 Å². The first-order valence-corrected chi connectivity index (χ1v) is 11.9. The maximum Gasteiger partial charge on any atom is 0.475 e. The average molecular weight is 508 g/mol. The first kappa shape index (κ1) is 24.4. The average Bonchev–Trinajstić information content (AvgIpc) is 2.97. The van der Waals surface area contributed by atoms with E-state index < -0.39 is 68.6 Å². The number of ether oxygens (including phenoxy) is 1. The molecule has 1 N–H and O–H groups in total. The number of ketones is 1. The maximum atomic E-state index is 15.3. The number of phosphoric ester groups is 1. The van der Waals surface area contributed by atoms with Crippen LogP contribution in [0.3, 0.4) is 0 Å². The van der Waals surface area contributed by atoms with Gasteiger partial charge in [-0.2, -0.15) is 0 Å². The van der Waals surface area contributed by atoms with Crippen molar-refractivity contribution in [2.75, 3.05) is 13.2 Å². The largest absolute Gasteiger partial charge is 0.475 e. The molecular weight excluding hydrogens is 487 g/mol. The summed E-state index contributed by atoms with van der Waals surface area (Å²) in [6.07, 6.45) is -3.70. The van der Waals surface area contributed by atoms with Crippen LogP contribution < -0.4 is 0 Å². The Kier molecular flexibility index (Phi) is 6.76. The van der Waals surface area contributed by atoms with E-state index in [0.717, 1.165) is 30.2 Å². The highest BCUT2D eigenvalue weighted by atomic mass is 35.5. The molecule has 0 spiro atoms. The summed E-state index contributed by atoms with van der Waals surface area (Å²) in [7, 11) is -4.23. The van der Waals surface area contributed by atoms with Crippen molar-refractivity contribution >= 4 is 31.1 Å². The van der Waals surface area contributed by atoms with Crippen LogP contribution >= 0.6 is 19.4 Å². The smallest absolute Gasteiger partial charge is 0.387 e. The number of phosphoric acid groups is 1. The molecule has 2 fully saturated rings. The number of rotatable bonds is 5. The molecule has 0 aromatic heterocycles. The predicted octanol–water partition coefficient (Wildman–Crippen LogP) is 3.21. The number of carbonyl (C=O) groups is 2. The highest BCUT2D eigenvalue weighted by Gasteiger charge is 2.57. The van der Waals surface area contributed by atoms with E-state index in [4.69, 9.17) is 29.9 Å². The monoisotopic (exact) mass is 507 g/mol. The molecule has 0 bridgehead atoms. The molecule has 0 radical (unpaired) electrons. The Bertz CT molecular complexity index is 1040. The van der Waals surface area contributed by atoms with E-state index in [9.17, 15) is 23.7 Å². The zero-order valence-corrected chi connectivity index (χ0v) is 19.0. The second-order valence-electron chi connectivity index (χ2n) is 8.01. The number of halogens is 3. The van der Waals surface area contributed by atoms with Gasteiger partial charge < -0.3 is 9.84 Å². The van der Waals surface area contributed by atoms with E-state index in [0.29, 0.717) is 0 Å². The fourth-order valence-corrected chi connectivity index (χ4v) is 5.39. The Hall–Kier alpha value is -1.72. The van der Waals surface area contributed by atoms with Crippen LogP contribution in [-0.2, 0) is 32.5 Å².